The number of aromatic nitrogens is 2. The van der Waals surface area contributed by atoms with Crippen LogP contribution in [0.5, 0.6) is 5.75 Å². The maximum absolute atomic E-state index is 11.8. The summed E-state index contributed by atoms with van der Waals surface area (Å²) < 4.78 is 29.6. The molecule has 0 bridgehead atoms. The van der Waals surface area contributed by atoms with Crippen LogP contribution in [-0.2, 0) is 10.3 Å². The van der Waals surface area contributed by atoms with Crippen molar-refractivity contribution in [3.8, 4) is 5.75 Å². The van der Waals surface area contributed by atoms with Gasteiger partial charge in [0.1, 0.15) is 12.1 Å². The minimum atomic E-state index is -3.88. The van der Waals surface area contributed by atoms with Crippen LogP contribution in [0.25, 0.3) is 0 Å². The van der Waals surface area contributed by atoms with Crippen LogP contribution < -0.4 is 9.08 Å². The molecule has 2 aromatic rings. The predicted octanol–water partition coefficient (Wildman–Crippen LogP) is 1.12. The van der Waals surface area contributed by atoms with E-state index >= 15 is 0 Å². The van der Waals surface area contributed by atoms with Gasteiger partial charge in [0, 0.05) is 38.2 Å². The fraction of sp³-hybridized carbons (Fsp3) is 0.182. The summed E-state index contributed by atoms with van der Waals surface area (Å²) in [7, 11) is -0.148. The lowest BCUT2D eigenvalue weighted by molar-refractivity contribution is 0.476. The van der Waals surface area contributed by atoms with Crippen molar-refractivity contribution in [3.63, 3.8) is 0 Å². The van der Waals surface area contributed by atoms with Gasteiger partial charge in [0.05, 0.1) is 0 Å². The van der Waals surface area contributed by atoms with Crippen molar-refractivity contribution in [1.82, 2.24) is 8.96 Å². The van der Waals surface area contributed by atoms with Crippen molar-refractivity contribution in [2.45, 2.75) is 0 Å². The summed E-state index contributed by atoms with van der Waals surface area (Å²) in [5, 5.41) is 0. The first kappa shape index (κ1) is 12.4. The van der Waals surface area contributed by atoms with E-state index in [0.29, 0.717) is 0 Å². The lowest BCUT2D eigenvalue weighted by Crippen LogP contribution is -2.17. The van der Waals surface area contributed by atoms with Crippen molar-refractivity contribution >= 4 is 16.0 Å². The van der Waals surface area contributed by atoms with Crippen LogP contribution in [0.15, 0.2) is 43.0 Å². The first-order valence-electron chi connectivity index (χ1n) is 5.19. The van der Waals surface area contributed by atoms with Crippen LogP contribution in [0.1, 0.15) is 0 Å². The van der Waals surface area contributed by atoms with Gasteiger partial charge in [-0.3, -0.25) is 0 Å². The van der Waals surface area contributed by atoms with Crippen molar-refractivity contribution in [1.29, 1.82) is 0 Å². The van der Waals surface area contributed by atoms with E-state index in [0.717, 1.165) is 9.66 Å². The summed E-state index contributed by atoms with van der Waals surface area (Å²) in [4.78, 5) is 5.53. The standard InChI is InChI=1S/C11H13N3O3S/c1-13(2)10-4-3-5-11(8-10)17-18(15,16)14-7-6-12-9-14/h3-9H,1-2H3. The van der Waals surface area contributed by atoms with Gasteiger partial charge < -0.3 is 9.08 Å². The molecule has 6 nitrogen and oxygen atoms in total. The van der Waals surface area contributed by atoms with Gasteiger partial charge in [-0.1, -0.05) is 6.07 Å². The number of benzene rings is 1. The van der Waals surface area contributed by atoms with E-state index in [-0.39, 0.29) is 5.75 Å². The van der Waals surface area contributed by atoms with E-state index in [1.54, 1.807) is 18.2 Å². The third kappa shape index (κ3) is 2.62. The lowest BCUT2D eigenvalue weighted by atomic mass is 10.3. The van der Waals surface area contributed by atoms with Crippen LogP contribution >= 0.6 is 0 Å². The number of imidazole rings is 1. The molecule has 0 aliphatic rings. The monoisotopic (exact) mass is 267 g/mol. The molecule has 0 spiro atoms. The highest BCUT2D eigenvalue weighted by molar-refractivity contribution is 7.85. The summed E-state index contributed by atoms with van der Waals surface area (Å²) in [5.41, 5.74) is 0.855. The minimum Gasteiger partial charge on any atom is -0.378 e. The Labute approximate surface area is 106 Å². The molecule has 0 N–H and O–H groups in total. The zero-order valence-corrected chi connectivity index (χ0v) is 10.8. The van der Waals surface area contributed by atoms with E-state index in [1.165, 1.54) is 18.7 Å². The molecule has 0 saturated carbocycles. The average Bonchev–Trinajstić information content (AvgIpc) is 2.82. The molecule has 1 heterocycles. The van der Waals surface area contributed by atoms with Gasteiger partial charge in [-0.15, -0.1) is 0 Å². The fourth-order valence-corrected chi connectivity index (χ4v) is 2.16. The zero-order chi connectivity index (χ0) is 13.2. The second-order valence-electron chi connectivity index (χ2n) is 3.83. The molecule has 0 amide bonds. The van der Waals surface area contributed by atoms with E-state index in [9.17, 15) is 8.42 Å². The number of hydrogen-bond donors (Lipinski definition) is 0. The first-order chi connectivity index (χ1) is 8.49. The molecule has 0 atom stereocenters. The minimum absolute atomic E-state index is 0.259. The smallest absolute Gasteiger partial charge is 0.378 e. The van der Waals surface area contributed by atoms with Crippen molar-refractivity contribution in [2.24, 2.45) is 0 Å². The van der Waals surface area contributed by atoms with Crippen molar-refractivity contribution in [3.05, 3.63) is 43.0 Å². The maximum Gasteiger partial charge on any atom is 0.414 e. The van der Waals surface area contributed by atoms with Gasteiger partial charge in [-0.25, -0.2) is 8.96 Å². The molecule has 0 saturated heterocycles. The number of rotatable bonds is 4. The second kappa shape index (κ2) is 4.69. The summed E-state index contributed by atoms with van der Waals surface area (Å²) in [6.45, 7) is 0. The van der Waals surface area contributed by atoms with E-state index in [2.05, 4.69) is 4.98 Å². The Morgan fingerprint density at radius 2 is 2.11 bits per heavy atom. The zero-order valence-electron chi connectivity index (χ0n) is 10.0. The fourth-order valence-electron chi connectivity index (χ4n) is 1.36. The number of anilines is 1. The molecule has 0 aliphatic carbocycles. The molecular formula is C11H13N3O3S. The van der Waals surface area contributed by atoms with E-state index in [1.807, 2.05) is 25.1 Å². The molecule has 96 valence electrons. The summed E-state index contributed by atoms with van der Waals surface area (Å²) in [6.07, 6.45) is 3.85. The molecule has 0 radical (unpaired) electrons. The highest BCUT2D eigenvalue weighted by atomic mass is 32.2. The van der Waals surface area contributed by atoms with Crippen molar-refractivity contribution in [2.75, 3.05) is 19.0 Å². The average molecular weight is 267 g/mol. The molecule has 18 heavy (non-hydrogen) atoms. The molecular weight excluding hydrogens is 254 g/mol. The summed E-state index contributed by atoms with van der Waals surface area (Å²) in [5.74, 6) is 0.259. The Bertz CT molecular complexity index is 621. The molecule has 1 aromatic heterocycles. The lowest BCUT2D eigenvalue weighted by Gasteiger charge is -2.13. The third-order valence-electron chi connectivity index (χ3n) is 2.27. The molecule has 1 aromatic carbocycles. The summed E-state index contributed by atoms with van der Waals surface area (Å²) in [6, 6.07) is 6.82. The predicted molar refractivity (Wildman–Crippen MR) is 67.9 cm³/mol. The maximum atomic E-state index is 11.8. The Kier molecular flexibility index (Phi) is 3.24. The van der Waals surface area contributed by atoms with Crippen LogP contribution in [0.3, 0.4) is 0 Å². The van der Waals surface area contributed by atoms with Crippen LogP contribution in [-0.4, -0.2) is 31.5 Å². The van der Waals surface area contributed by atoms with Crippen LogP contribution in [0, 0.1) is 0 Å². The Morgan fingerprint density at radius 1 is 1.33 bits per heavy atom. The highest BCUT2D eigenvalue weighted by Gasteiger charge is 2.14. The van der Waals surface area contributed by atoms with Gasteiger partial charge >= 0.3 is 10.3 Å². The number of nitrogens with zero attached hydrogens (tertiary/aromatic N) is 3. The highest BCUT2D eigenvalue weighted by Crippen LogP contribution is 2.21. The molecule has 0 fully saturated rings. The number of hydrogen-bond acceptors (Lipinski definition) is 5. The van der Waals surface area contributed by atoms with E-state index < -0.39 is 10.3 Å². The van der Waals surface area contributed by atoms with Crippen LogP contribution in [0.4, 0.5) is 5.69 Å². The molecule has 2 rings (SSSR count). The Balaban J connectivity index is 2.27. The molecule has 0 aliphatic heterocycles. The summed E-state index contributed by atoms with van der Waals surface area (Å²) >= 11 is 0. The second-order valence-corrected chi connectivity index (χ2v) is 5.27. The first-order valence-corrected chi connectivity index (χ1v) is 6.56. The van der Waals surface area contributed by atoms with Crippen molar-refractivity contribution < 1.29 is 12.6 Å². The van der Waals surface area contributed by atoms with Gasteiger partial charge in [0.15, 0.2) is 0 Å². The normalized spacial score (nSPS) is 11.2. The van der Waals surface area contributed by atoms with Gasteiger partial charge in [-0.05, 0) is 12.1 Å². The third-order valence-corrected chi connectivity index (χ3v) is 3.41. The van der Waals surface area contributed by atoms with E-state index in [4.69, 9.17) is 4.18 Å². The SMILES string of the molecule is CN(C)c1cccc(OS(=O)(=O)n2ccnc2)c1. The quantitative estimate of drug-likeness (QED) is 0.830. The molecule has 7 heteroatoms. The molecule has 0 unspecified atom stereocenters. The topological polar surface area (TPSA) is 64.4 Å². The largest absolute Gasteiger partial charge is 0.414 e. The van der Waals surface area contributed by atoms with Gasteiger partial charge in [0.2, 0.25) is 0 Å². The van der Waals surface area contributed by atoms with Gasteiger partial charge in [0.25, 0.3) is 0 Å². The Hall–Kier alpha value is -2.02. The van der Waals surface area contributed by atoms with Crippen LogP contribution in [0.2, 0.25) is 0 Å². The Morgan fingerprint density at radius 3 is 2.72 bits per heavy atom. The van der Waals surface area contributed by atoms with Gasteiger partial charge in [-0.2, -0.15) is 8.42 Å².